The minimum atomic E-state index is -0.780. The highest BCUT2D eigenvalue weighted by Crippen LogP contribution is 2.22. The Morgan fingerprint density at radius 2 is 2.18 bits per heavy atom. The molecule has 1 unspecified atom stereocenters. The summed E-state index contributed by atoms with van der Waals surface area (Å²) in [5.41, 5.74) is 5.39. The maximum Gasteiger partial charge on any atom is 0.240 e. The fraction of sp³-hybridized carbons (Fsp3) is 0.200. The molecule has 3 N–H and O–H groups in total. The van der Waals surface area contributed by atoms with Gasteiger partial charge in [-0.2, -0.15) is 0 Å². The molecule has 0 radical (unpaired) electrons. The lowest BCUT2D eigenvalue weighted by Crippen LogP contribution is -2.24. The predicted octanol–water partition coefficient (Wildman–Crippen LogP) is 2.02. The lowest BCUT2D eigenvalue weighted by molar-refractivity contribution is -0.120. The second-order valence-electron chi connectivity index (χ2n) is 3.66. The first-order valence-electron chi connectivity index (χ1n) is 4.80. The van der Waals surface area contributed by atoms with Crippen molar-refractivity contribution in [2.45, 2.75) is 13.0 Å². The van der Waals surface area contributed by atoms with Crippen LogP contribution in [-0.2, 0) is 4.79 Å². The number of amides is 1. The van der Waals surface area contributed by atoms with E-state index in [1.165, 1.54) is 11.5 Å². The Labute approximate surface area is 100 Å². The van der Waals surface area contributed by atoms with Gasteiger partial charge in [0.05, 0.1) is 5.52 Å². The summed E-state index contributed by atoms with van der Waals surface area (Å²) in [4.78, 5) is 13.7. The number of hydrogen-bond donors (Lipinski definition) is 2. The molecule has 17 heavy (non-hydrogen) atoms. The summed E-state index contributed by atoms with van der Waals surface area (Å²) in [5.74, 6) is -2.14. The Kier molecular flexibility index (Phi) is 2.70. The van der Waals surface area contributed by atoms with E-state index in [0.717, 1.165) is 12.1 Å². The van der Waals surface area contributed by atoms with Gasteiger partial charge in [-0.1, -0.05) is 0 Å². The molecule has 1 aromatic carbocycles. The molecule has 2 aromatic rings. The smallest absolute Gasteiger partial charge is 0.240 e. The van der Waals surface area contributed by atoms with Crippen molar-refractivity contribution >= 4 is 29.2 Å². The number of imidazole rings is 1. The van der Waals surface area contributed by atoms with Gasteiger partial charge in [0.15, 0.2) is 10.6 Å². The minimum absolute atomic E-state index is 0.0597. The first-order chi connectivity index (χ1) is 7.91. The molecule has 1 atom stereocenters. The molecule has 4 nitrogen and oxygen atoms in total. The fourth-order valence-corrected chi connectivity index (χ4v) is 2.02. The van der Waals surface area contributed by atoms with Crippen LogP contribution in [0.25, 0.3) is 11.0 Å². The van der Waals surface area contributed by atoms with Gasteiger partial charge in [0.1, 0.15) is 17.4 Å². The van der Waals surface area contributed by atoms with Gasteiger partial charge in [-0.05, 0) is 25.2 Å². The van der Waals surface area contributed by atoms with Crippen molar-refractivity contribution in [1.82, 2.24) is 9.55 Å². The summed E-state index contributed by atoms with van der Waals surface area (Å²) < 4.78 is 28.0. The van der Waals surface area contributed by atoms with Gasteiger partial charge in [0, 0.05) is 6.07 Å². The largest absolute Gasteiger partial charge is 0.368 e. The number of hydrogen-bond acceptors (Lipinski definition) is 2. The zero-order valence-corrected chi connectivity index (χ0v) is 9.65. The number of carbonyl (C=O) groups is 1. The van der Waals surface area contributed by atoms with E-state index in [4.69, 9.17) is 18.0 Å². The molecule has 2 rings (SSSR count). The molecule has 1 amide bonds. The standard InChI is InChI=1S/C10H9F2N3OS/c1-4(9(13)16)15-7-3-5(11)2-6(12)8(7)14-10(15)17/h2-4H,1H3,(H2,13,16)(H,14,17). The third-order valence-electron chi connectivity index (χ3n) is 2.54. The second-order valence-corrected chi connectivity index (χ2v) is 4.05. The number of halogens is 2. The molecular formula is C10H9F2N3OS. The molecule has 0 bridgehead atoms. The zero-order valence-electron chi connectivity index (χ0n) is 8.83. The summed E-state index contributed by atoms with van der Waals surface area (Å²) in [6.45, 7) is 1.51. The SMILES string of the molecule is CC(C(N)=O)n1c(=S)[nH]c2c(F)cc(F)cc21. The average molecular weight is 257 g/mol. The van der Waals surface area contributed by atoms with Gasteiger partial charge < -0.3 is 15.3 Å². The van der Waals surface area contributed by atoms with Crippen molar-refractivity contribution < 1.29 is 13.6 Å². The van der Waals surface area contributed by atoms with Crippen LogP contribution in [0.4, 0.5) is 8.78 Å². The van der Waals surface area contributed by atoms with Crippen molar-refractivity contribution in [2.24, 2.45) is 5.73 Å². The number of benzene rings is 1. The number of nitrogens with zero attached hydrogens (tertiary/aromatic N) is 1. The Morgan fingerprint density at radius 1 is 1.53 bits per heavy atom. The lowest BCUT2D eigenvalue weighted by Gasteiger charge is -2.10. The topological polar surface area (TPSA) is 63.8 Å². The number of primary amides is 1. The van der Waals surface area contributed by atoms with Crippen molar-refractivity contribution in [1.29, 1.82) is 0 Å². The Hall–Kier alpha value is -1.76. The molecule has 90 valence electrons. The van der Waals surface area contributed by atoms with Gasteiger partial charge in [-0.15, -0.1) is 0 Å². The van der Waals surface area contributed by atoms with Crippen LogP contribution in [-0.4, -0.2) is 15.5 Å². The number of nitrogens with one attached hydrogen (secondary N) is 1. The van der Waals surface area contributed by atoms with Crippen molar-refractivity contribution in [3.05, 3.63) is 28.5 Å². The molecule has 7 heteroatoms. The Morgan fingerprint density at radius 3 is 2.76 bits per heavy atom. The van der Waals surface area contributed by atoms with E-state index in [1.54, 1.807) is 0 Å². The van der Waals surface area contributed by atoms with Crippen LogP contribution in [0, 0.1) is 16.4 Å². The number of H-pyrrole nitrogens is 1. The van der Waals surface area contributed by atoms with Crippen LogP contribution in [0.1, 0.15) is 13.0 Å². The number of fused-ring (bicyclic) bond motifs is 1. The molecule has 0 aliphatic rings. The Bertz CT molecular complexity index is 661. The van der Waals surface area contributed by atoms with E-state index in [1.807, 2.05) is 0 Å². The minimum Gasteiger partial charge on any atom is -0.368 e. The molecule has 1 heterocycles. The van der Waals surface area contributed by atoms with Crippen LogP contribution in [0.2, 0.25) is 0 Å². The number of aromatic amines is 1. The maximum absolute atomic E-state index is 13.5. The monoisotopic (exact) mass is 257 g/mol. The maximum atomic E-state index is 13.5. The van der Waals surface area contributed by atoms with E-state index in [2.05, 4.69) is 4.98 Å². The highest BCUT2D eigenvalue weighted by atomic mass is 32.1. The van der Waals surface area contributed by atoms with E-state index in [-0.39, 0.29) is 15.8 Å². The molecule has 0 aliphatic heterocycles. The van der Waals surface area contributed by atoms with Crippen molar-refractivity contribution in [3.63, 3.8) is 0 Å². The first-order valence-corrected chi connectivity index (χ1v) is 5.21. The third kappa shape index (κ3) is 1.82. The van der Waals surface area contributed by atoms with Crippen LogP contribution < -0.4 is 5.73 Å². The van der Waals surface area contributed by atoms with Crippen molar-refractivity contribution in [3.8, 4) is 0 Å². The summed E-state index contributed by atoms with van der Waals surface area (Å²) >= 11 is 4.96. The highest BCUT2D eigenvalue weighted by Gasteiger charge is 2.18. The van der Waals surface area contributed by atoms with Crippen LogP contribution >= 0.6 is 12.2 Å². The third-order valence-corrected chi connectivity index (χ3v) is 2.84. The van der Waals surface area contributed by atoms with E-state index < -0.39 is 23.6 Å². The van der Waals surface area contributed by atoms with E-state index >= 15 is 0 Å². The molecule has 0 saturated carbocycles. The van der Waals surface area contributed by atoms with Gasteiger partial charge in [-0.25, -0.2) is 8.78 Å². The van der Waals surface area contributed by atoms with E-state index in [0.29, 0.717) is 0 Å². The van der Waals surface area contributed by atoms with Gasteiger partial charge in [0.2, 0.25) is 5.91 Å². The Balaban J connectivity index is 2.84. The average Bonchev–Trinajstić information content (AvgIpc) is 2.54. The van der Waals surface area contributed by atoms with Crippen LogP contribution in [0.3, 0.4) is 0 Å². The molecule has 0 saturated heterocycles. The normalized spacial score (nSPS) is 12.9. The highest BCUT2D eigenvalue weighted by molar-refractivity contribution is 7.71. The molecule has 0 spiro atoms. The number of aromatic nitrogens is 2. The summed E-state index contributed by atoms with van der Waals surface area (Å²) in [6.07, 6.45) is 0. The lowest BCUT2D eigenvalue weighted by atomic mass is 10.2. The summed E-state index contributed by atoms with van der Waals surface area (Å²) in [6, 6.07) is 1.06. The second kappa shape index (κ2) is 3.92. The number of nitrogens with two attached hydrogens (primary N) is 1. The quantitative estimate of drug-likeness (QED) is 0.808. The molecule has 1 aromatic heterocycles. The molecular weight excluding hydrogens is 248 g/mol. The number of carbonyl (C=O) groups excluding carboxylic acids is 1. The fourth-order valence-electron chi connectivity index (χ4n) is 1.66. The van der Waals surface area contributed by atoms with Crippen LogP contribution in [0.15, 0.2) is 12.1 Å². The van der Waals surface area contributed by atoms with Crippen molar-refractivity contribution in [2.75, 3.05) is 0 Å². The van der Waals surface area contributed by atoms with E-state index in [9.17, 15) is 13.6 Å². The first kappa shape index (κ1) is 11.7. The zero-order chi connectivity index (χ0) is 12.7. The van der Waals surface area contributed by atoms with Gasteiger partial charge >= 0.3 is 0 Å². The molecule has 0 fully saturated rings. The number of rotatable bonds is 2. The van der Waals surface area contributed by atoms with Crippen LogP contribution in [0.5, 0.6) is 0 Å². The summed E-state index contributed by atoms with van der Waals surface area (Å²) in [7, 11) is 0. The van der Waals surface area contributed by atoms with Gasteiger partial charge in [-0.3, -0.25) is 4.79 Å². The molecule has 0 aliphatic carbocycles. The van der Waals surface area contributed by atoms with Gasteiger partial charge in [0.25, 0.3) is 0 Å². The predicted molar refractivity (Wildman–Crippen MR) is 60.9 cm³/mol. The summed E-state index contributed by atoms with van der Waals surface area (Å²) in [5, 5.41) is 0.